The predicted molar refractivity (Wildman–Crippen MR) is 102 cm³/mol. The summed E-state index contributed by atoms with van der Waals surface area (Å²) in [4.78, 5) is 14.7. The van der Waals surface area contributed by atoms with Crippen LogP contribution in [0.15, 0.2) is 65.7 Å². The van der Waals surface area contributed by atoms with Crippen LogP contribution in [0.3, 0.4) is 0 Å². The molecule has 4 nitrogen and oxygen atoms in total. The Hall–Kier alpha value is -2.40. The third-order valence-electron chi connectivity index (χ3n) is 5.20. The van der Waals surface area contributed by atoms with E-state index >= 15 is 0 Å². The van der Waals surface area contributed by atoms with E-state index in [9.17, 15) is 13.2 Å². The van der Waals surface area contributed by atoms with E-state index in [1.54, 1.807) is 0 Å². The number of rotatable bonds is 3. The Balaban J connectivity index is 1.62. The van der Waals surface area contributed by atoms with Crippen LogP contribution in [0.1, 0.15) is 40.2 Å². The van der Waals surface area contributed by atoms with Crippen LogP contribution in [0.5, 0.6) is 0 Å². The summed E-state index contributed by atoms with van der Waals surface area (Å²) < 4.78 is 24.1. The number of benzene rings is 2. The third kappa shape index (κ3) is 3.31. The molecule has 0 radical (unpaired) electrons. The average molecular weight is 367 g/mol. The van der Waals surface area contributed by atoms with Gasteiger partial charge < -0.3 is 4.90 Å². The predicted octanol–water partition coefficient (Wildman–Crippen LogP) is 3.37. The average Bonchev–Trinajstić information content (AvgIpc) is 2.67. The van der Waals surface area contributed by atoms with Crippen LogP contribution in [0.2, 0.25) is 0 Å². The largest absolute Gasteiger partial charge is 0.373 e. The van der Waals surface area contributed by atoms with Crippen LogP contribution >= 0.6 is 0 Å². The zero-order chi connectivity index (χ0) is 18.1. The van der Waals surface area contributed by atoms with Gasteiger partial charge in [0.2, 0.25) is 0 Å². The number of fused-ring (bicyclic) bond motifs is 1. The topological polar surface area (TPSA) is 54.5 Å². The van der Waals surface area contributed by atoms with Crippen LogP contribution in [-0.4, -0.2) is 37.9 Å². The highest BCUT2D eigenvalue weighted by Gasteiger charge is 2.31. The van der Waals surface area contributed by atoms with E-state index in [-0.39, 0.29) is 17.5 Å². The highest BCUT2D eigenvalue weighted by atomic mass is 32.2. The first kappa shape index (κ1) is 17.0. The molecule has 0 N–H and O–H groups in total. The maximum Gasteiger partial charge on any atom is 0.193 e. The lowest BCUT2D eigenvalue weighted by Crippen LogP contribution is -2.39. The standard InChI is InChI=1S/C21H21NO3S/c23-21(17-5-2-1-3-6-17)18-10-8-16(9-11-18)19-7-4-12-22-13-14-26(24,25)15-20(19)22/h1-3,5-6,8-11,15,19H,4,7,12-14H2. The van der Waals surface area contributed by atoms with Crippen LogP contribution in [0, 0.1) is 0 Å². The Morgan fingerprint density at radius 3 is 2.35 bits per heavy atom. The van der Waals surface area contributed by atoms with E-state index in [4.69, 9.17) is 0 Å². The summed E-state index contributed by atoms with van der Waals surface area (Å²) in [5, 5.41) is 1.46. The van der Waals surface area contributed by atoms with Crippen molar-refractivity contribution in [2.75, 3.05) is 18.8 Å². The normalized spacial score (nSPS) is 21.6. The van der Waals surface area contributed by atoms with E-state index in [1.165, 1.54) is 5.41 Å². The smallest absolute Gasteiger partial charge is 0.193 e. The fourth-order valence-electron chi connectivity index (χ4n) is 3.82. The number of allylic oxidation sites excluding steroid dienone is 1. The van der Waals surface area contributed by atoms with Gasteiger partial charge in [0, 0.05) is 35.8 Å². The summed E-state index contributed by atoms with van der Waals surface area (Å²) in [6, 6.07) is 16.9. The molecular formula is C21H21NO3S. The molecule has 134 valence electrons. The quantitative estimate of drug-likeness (QED) is 0.781. The number of piperidine rings is 1. The maximum absolute atomic E-state index is 12.5. The van der Waals surface area contributed by atoms with Crippen molar-refractivity contribution in [2.24, 2.45) is 0 Å². The molecule has 1 fully saturated rings. The monoisotopic (exact) mass is 367 g/mol. The van der Waals surface area contributed by atoms with E-state index in [0.717, 1.165) is 30.6 Å². The number of sulfone groups is 1. The molecule has 2 aromatic rings. The molecule has 1 saturated heterocycles. The van der Waals surface area contributed by atoms with Crippen molar-refractivity contribution >= 4 is 15.6 Å². The number of carbonyl (C=O) groups is 1. The number of nitrogens with zero attached hydrogens (tertiary/aromatic N) is 1. The molecule has 2 aliphatic heterocycles. The Bertz CT molecular complexity index is 947. The van der Waals surface area contributed by atoms with Crippen LogP contribution < -0.4 is 0 Å². The van der Waals surface area contributed by atoms with Gasteiger partial charge in [-0.25, -0.2) is 8.42 Å². The van der Waals surface area contributed by atoms with Gasteiger partial charge in [-0.05, 0) is 18.4 Å². The van der Waals surface area contributed by atoms with Crippen molar-refractivity contribution in [2.45, 2.75) is 18.8 Å². The van der Waals surface area contributed by atoms with Crippen molar-refractivity contribution in [3.05, 3.63) is 82.4 Å². The highest BCUT2D eigenvalue weighted by Crippen LogP contribution is 2.37. The fourth-order valence-corrected chi connectivity index (χ4v) is 5.10. The number of carbonyl (C=O) groups excluding carboxylic acids is 1. The first-order chi connectivity index (χ1) is 12.5. The molecule has 2 aliphatic rings. The Morgan fingerprint density at radius 1 is 0.923 bits per heavy atom. The molecule has 0 aliphatic carbocycles. The zero-order valence-corrected chi connectivity index (χ0v) is 15.3. The number of hydrogen-bond acceptors (Lipinski definition) is 4. The van der Waals surface area contributed by atoms with Crippen LogP contribution in [0.25, 0.3) is 0 Å². The van der Waals surface area contributed by atoms with E-state index in [1.807, 2.05) is 54.6 Å². The molecule has 0 saturated carbocycles. The lowest BCUT2D eigenvalue weighted by molar-refractivity contribution is 0.103. The van der Waals surface area contributed by atoms with Crippen molar-refractivity contribution < 1.29 is 13.2 Å². The molecule has 2 heterocycles. The Morgan fingerprint density at radius 2 is 1.62 bits per heavy atom. The van der Waals surface area contributed by atoms with E-state index in [0.29, 0.717) is 17.7 Å². The van der Waals surface area contributed by atoms with Gasteiger partial charge in [-0.2, -0.15) is 0 Å². The summed E-state index contributed by atoms with van der Waals surface area (Å²) in [5.41, 5.74) is 3.30. The number of hydrogen-bond donors (Lipinski definition) is 0. The van der Waals surface area contributed by atoms with Crippen molar-refractivity contribution in [1.29, 1.82) is 0 Å². The van der Waals surface area contributed by atoms with Crippen molar-refractivity contribution in [3.63, 3.8) is 0 Å². The zero-order valence-electron chi connectivity index (χ0n) is 14.5. The summed E-state index contributed by atoms with van der Waals surface area (Å²) >= 11 is 0. The molecule has 0 spiro atoms. The second-order valence-corrected chi connectivity index (χ2v) is 8.88. The lowest BCUT2D eigenvalue weighted by atomic mass is 9.87. The van der Waals surface area contributed by atoms with Gasteiger partial charge in [-0.15, -0.1) is 0 Å². The summed E-state index contributed by atoms with van der Waals surface area (Å²) in [6.45, 7) is 1.50. The molecule has 5 heteroatoms. The first-order valence-electron chi connectivity index (χ1n) is 8.92. The Labute approximate surface area is 154 Å². The lowest BCUT2D eigenvalue weighted by Gasteiger charge is -2.39. The maximum atomic E-state index is 12.5. The molecule has 26 heavy (non-hydrogen) atoms. The van der Waals surface area contributed by atoms with E-state index < -0.39 is 9.84 Å². The second kappa shape index (κ2) is 6.72. The van der Waals surface area contributed by atoms with Crippen LogP contribution in [-0.2, 0) is 9.84 Å². The van der Waals surface area contributed by atoms with Gasteiger partial charge in [0.15, 0.2) is 15.6 Å². The molecule has 0 aromatic heterocycles. The molecule has 1 unspecified atom stereocenters. The third-order valence-corrected chi connectivity index (χ3v) is 6.55. The summed E-state index contributed by atoms with van der Waals surface area (Å²) in [5.74, 6) is 0.287. The van der Waals surface area contributed by atoms with E-state index in [2.05, 4.69) is 4.90 Å². The van der Waals surface area contributed by atoms with Gasteiger partial charge >= 0.3 is 0 Å². The molecular weight excluding hydrogens is 346 g/mol. The SMILES string of the molecule is O=C(c1ccccc1)c1ccc(C2CCCN3CCS(=O)(=O)C=C23)cc1. The molecule has 4 rings (SSSR count). The minimum absolute atomic E-state index is 0.00174. The van der Waals surface area contributed by atoms with Gasteiger partial charge in [-0.3, -0.25) is 4.79 Å². The first-order valence-corrected chi connectivity index (χ1v) is 10.6. The highest BCUT2D eigenvalue weighted by molar-refractivity contribution is 7.94. The summed E-state index contributed by atoms with van der Waals surface area (Å²) in [6.07, 6.45) is 1.98. The second-order valence-electron chi connectivity index (χ2n) is 6.91. The minimum atomic E-state index is -3.11. The molecule has 1 atom stereocenters. The van der Waals surface area contributed by atoms with Crippen molar-refractivity contribution in [1.82, 2.24) is 4.90 Å². The molecule has 0 bridgehead atoms. The number of ketones is 1. The van der Waals surface area contributed by atoms with Gasteiger partial charge in [0.1, 0.15) is 0 Å². The van der Waals surface area contributed by atoms with Gasteiger partial charge in [0.05, 0.1) is 11.2 Å². The molecule has 0 amide bonds. The van der Waals surface area contributed by atoms with Gasteiger partial charge in [0.25, 0.3) is 0 Å². The molecule has 2 aromatic carbocycles. The fraction of sp³-hybridized carbons (Fsp3) is 0.286. The van der Waals surface area contributed by atoms with Crippen LogP contribution in [0.4, 0.5) is 0 Å². The summed E-state index contributed by atoms with van der Waals surface area (Å²) in [7, 11) is -3.11. The Kier molecular flexibility index (Phi) is 4.41. The van der Waals surface area contributed by atoms with Crippen molar-refractivity contribution in [3.8, 4) is 0 Å². The minimum Gasteiger partial charge on any atom is -0.373 e. The van der Waals surface area contributed by atoms with Gasteiger partial charge in [-0.1, -0.05) is 54.6 Å².